The summed E-state index contributed by atoms with van der Waals surface area (Å²) in [6.45, 7) is 2.54. The van der Waals surface area contributed by atoms with Crippen LogP contribution in [0.3, 0.4) is 0 Å². The average Bonchev–Trinajstić information content (AvgIpc) is 1.85. The van der Waals surface area contributed by atoms with Gasteiger partial charge in [-0.15, -0.1) is 0 Å². The third-order valence-corrected chi connectivity index (χ3v) is 1.47. The van der Waals surface area contributed by atoms with Gasteiger partial charge in [-0.1, -0.05) is 0 Å². The largest absolute Gasteiger partial charge is 0.395 e. The van der Waals surface area contributed by atoms with E-state index >= 15 is 0 Å². The van der Waals surface area contributed by atoms with Gasteiger partial charge >= 0.3 is 0 Å². The Kier molecular flexibility index (Phi) is 7.18. The lowest BCUT2D eigenvalue weighted by Crippen LogP contribution is -2.25. The van der Waals surface area contributed by atoms with Gasteiger partial charge in [0.1, 0.15) is 23.0 Å². The SMILES string of the molecule is CN(CCO)CCOI. The quantitative estimate of drug-likeness (QED) is 0.706. The van der Waals surface area contributed by atoms with Gasteiger partial charge in [0.05, 0.1) is 13.2 Å². The lowest BCUT2D eigenvalue weighted by atomic mass is 10.5. The number of aliphatic hydroxyl groups is 1. The lowest BCUT2D eigenvalue weighted by Gasteiger charge is -2.12. The molecular formula is C5H12INO2. The second-order valence-electron chi connectivity index (χ2n) is 1.84. The van der Waals surface area contributed by atoms with Crippen molar-refractivity contribution in [1.29, 1.82) is 0 Å². The summed E-state index contributed by atoms with van der Waals surface area (Å²) in [6.07, 6.45) is 0. The van der Waals surface area contributed by atoms with Crippen LogP contribution >= 0.6 is 23.0 Å². The smallest absolute Gasteiger partial charge is 0.109 e. The number of halogens is 1. The number of hydrogen-bond donors (Lipinski definition) is 1. The molecule has 0 bridgehead atoms. The van der Waals surface area contributed by atoms with Crippen LogP contribution in [-0.4, -0.2) is 43.4 Å². The first-order chi connectivity index (χ1) is 4.31. The van der Waals surface area contributed by atoms with Crippen molar-refractivity contribution in [1.82, 2.24) is 4.90 Å². The monoisotopic (exact) mass is 245 g/mol. The van der Waals surface area contributed by atoms with E-state index in [1.54, 1.807) is 0 Å². The van der Waals surface area contributed by atoms with Crippen LogP contribution in [0, 0.1) is 0 Å². The first kappa shape index (κ1) is 9.61. The normalized spacial score (nSPS) is 10.7. The number of hydrogen-bond acceptors (Lipinski definition) is 3. The Hall–Kier alpha value is 0.610. The van der Waals surface area contributed by atoms with Crippen LogP contribution in [0.1, 0.15) is 0 Å². The van der Waals surface area contributed by atoms with Gasteiger partial charge in [0.15, 0.2) is 0 Å². The summed E-state index contributed by atoms with van der Waals surface area (Å²) in [4.78, 5) is 2.01. The van der Waals surface area contributed by atoms with Crippen molar-refractivity contribution >= 4 is 23.0 Å². The molecule has 0 aromatic carbocycles. The molecule has 0 fully saturated rings. The van der Waals surface area contributed by atoms with Gasteiger partial charge in [-0.05, 0) is 7.05 Å². The fourth-order valence-electron chi connectivity index (χ4n) is 0.473. The van der Waals surface area contributed by atoms with E-state index in [1.807, 2.05) is 35.0 Å². The zero-order chi connectivity index (χ0) is 7.11. The molecule has 0 saturated carbocycles. The Morgan fingerprint density at radius 2 is 2.22 bits per heavy atom. The predicted molar refractivity (Wildman–Crippen MR) is 44.6 cm³/mol. The van der Waals surface area contributed by atoms with E-state index in [4.69, 9.17) is 8.17 Å². The molecule has 0 amide bonds. The van der Waals surface area contributed by atoms with Gasteiger partial charge in [0.25, 0.3) is 0 Å². The van der Waals surface area contributed by atoms with Crippen LogP contribution in [-0.2, 0) is 3.07 Å². The topological polar surface area (TPSA) is 32.7 Å². The third kappa shape index (κ3) is 6.50. The van der Waals surface area contributed by atoms with Gasteiger partial charge in [-0.25, -0.2) is 0 Å². The highest BCUT2D eigenvalue weighted by molar-refractivity contribution is 14.1. The van der Waals surface area contributed by atoms with Gasteiger partial charge in [0, 0.05) is 13.1 Å². The van der Waals surface area contributed by atoms with Crippen LogP contribution in [0.4, 0.5) is 0 Å². The highest BCUT2D eigenvalue weighted by Gasteiger charge is 1.93. The highest BCUT2D eigenvalue weighted by Crippen LogP contribution is 1.86. The van der Waals surface area contributed by atoms with E-state index in [0.29, 0.717) is 0 Å². The lowest BCUT2D eigenvalue weighted by molar-refractivity contribution is 0.207. The highest BCUT2D eigenvalue weighted by atomic mass is 127. The summed E-state index contributed by atoms with van der Waals surface area (Å²) in [5.41, 5.74) is 0. The van der Waals surface area contributed by atoms with E-state index in [9.17, 15) is 0 Å². The van der Waals surface area contributed by atoms with Gasteiger partial charge in [0.2, 0.25) is 0 Å². The molecule has 9 heavy (non-hydrogen) atoms. The van der Waals surface area contributed by atoms with Crippen molar-refractivity contribution in [2.45, 2.75) is 0 Å². The molecule has 0 unspecified atom stereocenters. The van der Waals surface area contributed by atoms with Crippen LogP contribution in [0.25, 0.3) is 0 Å². The fourth-order valence-corrected chi connectivity index (χ4v) is 0.670. The molecule has 0 rings (SSSR count). The summed E-state index contributed by atoms with van der Waals surface area (Å²) in [7, 11) is 1.95. The van der Waals surface area contributed by atoms with E-state index < -0.39 is 0 Å². The third-order valence-electron chi connectivity index (χ3n) is 1.03. The Morgan fingerprint density at radius 3 is 2.67 bits per heavy atom. The van der Waals surface area contributed by atoms with Crippen molar-refractivity contribution in [2.24, 2.45) is 0 Å². The Labute approximate surface area is 69.7 Å². The molecule has 0 radical (unpaired) electrons. The molecule has 0 aliphatic heterocycles. The maximum atomic E-state index is 8.45. The molecule has 0 aliphatic rings. The predicted octanol–water partition coefficient (Wildman–Crippen LogP) is 0.277. The maximum absolute atomic E-state index is 8.45. The summed E-state index contributed by atoms with van der Waals surface area (Å²) < 4.78 is 4.81. The summed E-state index contributed by atoms with van der Waals surface area (Å²) in [5.74, 6) is 0. The number of likely N-dealkylation sites (N-methyl/N-ethyl adjacent to an activating group) is 1. The minimum absolute atomic E-state index is 0.220. The maximum Gasteiger partial charge on any atom is 0.109 e. The first-order valence-corrected chi connectivity index (χ1v) is 3.72. The van der Waals surface area contributed by atoms with Crippen molar-refractivity contribution < 1.29 is 8.17 Å². The summed E-state index contributed by atoms with van der Waals surface area (Å²) in [5, 5.41) is 8.45. The van der Waals surface area contributed by atoms with Crippen LogP contribution in [0.15, 0.2) is 0 Å². The molecule has 0 aliphatic carbocycles. The standard InChI is InChI=1S/C5H12INO2/c1-7(2-4-8)3-5-9-6/h8H,2-5H2,1H3. The zero-order valence-corrected chi connectivity index (χ0v) is 7.67. The molecular weight excluding hydrogens is 233 g/mol. The van der Waals surface area contributed by atoms with Gasteiger partial charge in [-0.3, -0.25) is 0 Å². The Morgan fingerprint density at radius 1 is 1.56 bits per heavy atom. The fraction of sp³-hybridized carbons (Fsp3) is 1.00. The van der Waals surface area contributed by atoms with Crippen LogP contribution in [0.5, 0.6) is 0 Å². The van der Waals surface area contributed by atoms with Crippen LogP contribution in [0.2, 0.25) is 0 Å². The van der Waals surface area contributed by atoms with Crippen LogP contribution < -0.4 is 0 Å². The number of rotatable bonds is 5. The Bertz CT molecular complexity index is 62.9. The molecule has 56 valence electrons. The van der Waals surface area contributed by atoms with Crippen molar-refractivity contribution in [3.05, 3.63) is 0 Å². The molecule has 0 heterocycles. The van der Waals surface area contributed by atoms with Crippen molar-refractivity contribution in [3.8, 4) is 0 Å². The van der Waals surface area contributed by atoms with Gasteiger partial charge < -0.3 is 13.1 Å². The second kappa shape index (κ2) is 6.73. The minimum Gasteiger partial charge on any atom is -0.395 e. The molecule has 0 aromatic rings. The van der Waals surface area contributed by atoms with E-state index in [2.05, 4.69) is 0 Å². The molecule has 0 atom stereocenters. The van der Waals surface area contributed by atoms with E-state index in [-0.39, 0.29) is 6.61 Å². The summed E-state index contributed by atoms with van der Waals surface area (Å²) in [6, 6.07) is 0. The molecule has 3 nitrogen and oxygen atoms in total. The van der Waals surface area contributed by atoms with Crippen molar-refractivity contribution in [2.75, 3.05) is 33.4 Å². The molecule has 0 spiro atoms. The Balaban J connectivity index is 2.95. The minimum atomic E-state index is 0.220. The van der Waals surface area contributed by atoms with E-state index in [1.165, 1.54) is 0 Å². The molecule has 0 aromatic heterocycles. The molecule has 4 heteroatoms. The first-order valence-electron chi connectivity index (χ1n) is 2.84. The second-order valence-corrected chi connectivity index (χ2v) is 2.46. The summed E-state index contributed by atoms with van der Waals surface area (Å²) >= 11 is 1.86. The van der Waals surface area contributed by atoms with Crippen molar-refractivity contribution in [3.63, 3.8) is 0 Å². The number of nitrogens with zero attached hydrogens (tertiary/aromatic N) is 1. The molecule has 1 N–H and O–H groups in total. The molecule has 0 saturated heterocycles. The average molecular weight is 245 g/mol. The number of aliphatic hydroxyl groups excluding tert-OH is 1. The zero-order valence-electron chi connectivity index (χ0n) is 5.51. The van der Waals surface area contributed by atoms with E-state index in [0.717, 1.165) is 19.7 Å². The van der Waals surface area contributed by atoms with Gasteiger partial charge in [-0.2, -0.15) is 0 Å².